The molecule has 2 amide bonds. The molecule has 146 valence electrons. The average molecular weight is 398 g/mol. The number of nitrogens with zero attached hydrogens (tertiary/aromatic N) is 2. The molecule has 0 atom stereocenters. The highest BCUT2D eigenvalue weighted by molar-refractivity contribution is 6.33. The fourth-order valence-electron chi connectivity index (χ4n) is 3.03. The standard InChI is InChI=1S/C22H24ClN3O2/c1-17-6-8-18(9-7-17)10-11-22(28)26-14-12-25(13-15-26)16-21(27)24-20-5-3-2-4-19(20)23/h2-11H,12-16H2,1H3,(H,24,27)/b11-10+. The second-order valence-electron chi connectivity index (χ2n) is 6.87. The van der Waals surface area contributed by atoms with Crippen molar-refractivity contribution in [2.75, 3.05) is 38.0 Å². The first-order valence-electron chi connectivity index (χ1n) is 9.31. The van der Waals surface area contributed by atoms with Gasteiger partial charge in [-0.2, -0.15) is 0 Å². The molecule has 0 radical (unpaired) electrons. The lowest BCUT2D eigenvalue weighted by Gasteiger charge is -2.33. The molecule has 2 aromatic carbocycles. The Morgan fingerprint density at radius 2 is 1.71 bits per heavy atom. The van der Waals surface area contributed by atoms with Crippen LogP contribution in [0, 0.1) is 6.92 Å². The van der Waals surface area contributed by atoms with Gasteiger partial charge < -0.3 is 10.2 Å². The lowest BCUT2D eigenvalue weighted by Crippen LogP contribution is -2.50. The molecular formula is C22H24ClN3O2. The number of benzene rings is 2. The van der Waals surface area contributed by atoms with E-state index in [1.54, 1.807) is 18.2 Å². The first kappa shape index (κ1) is 20.1. The molecule has 0 bridgehead atoms. The molecule has 1 aliphatic heterocycles. The van der Waals surface area contributed by atoms with Crippen LogP contribution in [-0.2, 0) is 9.59 Å². The van der Waals surface area contributed by atoms with Gasteiger partial charge in [0, 0.05) is 32.3 Å². The number of para-hydroxylation sites is 1. The molecule has 5 nitrogen and oxygen atoms in total. The van der Waals surface area contributed by atoms with Crippen LogP contribution in [0.1, 0.15) is 11.1 Å². The second kappa shape index (κ2) is 9.53. The van der Waals surface area contributed by atoms with Crippen LogP contribution in [-0.4, -0.2) is 54.3 Å². The van der Waals surface area contributed by atoms with Crippen molar-refractivity contribution in [3.63, 3.8) is 0 Å². The van der Waals surface area contributed by atoms with Crippen molar-refractivity contribution in [3.8, 4) is 0 Å². The second-order valence-corrected chi connectivity index (χ2v) is 7.28. The number of aryl methyl sites for hydroxylation is 1. The molecule has 2 aromatic rings. The van der Waals surface area contributed by atoms with Gasteiger partial charge in [0.15, 0.2) is 0 Å². The predicted molar refractivity (Wildman–Crippen MR) is 113 cm³/mol. The smallest absolute Gasteiger partial charge is 0.246 e. The van der Waals surface area contributed by atoms with Crippen LogP contribution in [0.4, 0.5) is 5.69 Å². The van der Waals surface area contributed by atoms with E-state index < -0.39 is 0 Å². The number of anilines is 1. The summed E-state index contributed by atoms with van der Waals surface area (Å²) in [4.78, 5) is 28.5. The molecule has 0 saturated carbocycles. The van der Waals surface area contributed by atoms with Crippen molar-refractivity contribution in [2.24, 2.45) is 0 Å². The van der Waals surface area contributed by atoms with Crippen molar-refractivity contribution < 1.29 is 9.59 Å². The molecule has 0 aromatic heterocycles. The van der Waals surface area contributed by atoms with Crippen molar-refractivity contribution in [1.29, 1.82) is 0 Å². The Morgan fingerprint density at radius 1 is 1.04 bits per heavy atom. The number of piperazine rings is 1. The van der Waals surface area contributed by atoms with E-state index in [9.17, 15) is 9.59 Å². The zero-order chi connectivity index (χ0) is 19.9. The van der Waals surface area contributed by atoms with Gasteiger partial charge in [0.05, 0.1) is 17.3 Å². The van der Waals surface area contributed by atoms with Crippen molar-refractivity contribution in [3.05, 3.63) is 70.8 Å². The quantitative estimate of drug-likeness (QED) is 0.786. The molecule has 6 heteroatoms. The Labute approximate surface area is 170 Å². The van der Waals surface area contributed by atoms with Gasteiger partial charge in [-0.1, -0.05) is 53.6 Å². The number of amides is 2. The van der Waals surface area contributed by atoms with E-state index in [0.29, 0.717) is 36.9 Å². The minimum Gasteiger partial charge on any atom is -0.337 e. The van der Waals surface area contributed by atoms with Crippen LogP contribution in [0.25, 0.3) is 6.08 Å². The summed E-state index contributed by atoms with van der Waals surface area (Å²) >= 11 is 6.07. The van der Waals surface area contributed by atoms with Gasteiger partial charge in [0.1, 0.15) is 0 Å². The summed E-state index contributed by atoms with van der Waals surface area (Å²) in [6, 6.07) is 15.2. The molecule has 0 unspecified atom stereocenters. The first-order chi connectivity index (χ1) is 13.5. The van der Waals surface area contributed by atoms with Crippen LogP contribution < -0.4 is 5.32 Å². The molecule has 1 N–H and O–H groups in total. The molecule has 1 saturated heterocycles. The number of nitrogens with one attached hydrogen (secondary N) is 1. The van der Waals surface area contributed by atoms with Gasteiger partial charge in [-0.25, -0.2) is 0 Å². The third-order valence-electron chi connectivity index (χ3n) is 4.69. The predicted octanol–water partition coefficient (Wildman–Crippen LogP) is 3.44. The van der Waals surface area contributed by atoms with E-state index in [2.05, 4.69) is 5.32 Å². The van der Waals surface area contributed by atoms with Crippen molar-refractivity contribution in [2.45, 2.75) is 6.92 Å². The van der Waals surface area contributed by atoms with Gasteiger partial charge in [-0.3, -0.25) is 14.5 Å². The number of halogens is 1. The topological polar surface area (TPSA) is 52.7 Å². The van der Waals surface area contributed by atoms with E-state index in [4.69, 9.17) is 11.6 Å². The summed E-state index contributed by atoms with van der Waals surface area (Å²) in [7, 11) is 0. The molecular weight excluding hydrogens is 374 g/mol. The van der Waals surface area contributed by atoms with Gasteiger partial charge in [0.2, 0.25) is 11.8 Å². The minimum absolute atomic E-state index is 0.000689. The normalized spacial score (nSPS) is 15.0. The van der Waals surface area contributed by atoms with Crippen LogP contribution >= 0.6 is 11.6 Å². The Balaban J connectivity index is 1.44. The van der Waals surface area contributed by atoms with Gasteiger partial charge in [-0.15, -0.1) is 0 Å². The summed E-state index contributed by atoms with van der Waals surface area (Å²) in [5.74, 6) is -0.104. The summed E-state index contributed by atoms with van der Waals surface area (Å²) in [6.07, 6.45) is 3.45. The third kappa shape index (κ3) is 5.68. The first-order valence-corrected chi connectivity index (χ1v) is 9.69. The molecule has 3 rings (SSSR count). The number of rotatable bonds is 5. The highest BCUT2D eigenvalue weighted by Gasteiger charge is 2.21. The molecule has 28 heavy (non-hydrogen) atoms. The fraction of sp³-hybridized carbons (Fsp3) is 0.273. The van der Waals surface area contributed by atoms with Crippen LogP contribution in [0.2, 0.25) is 5.02 Å². The Kier molecular flexibility index (Phi) is 6.85. The molecule has 1 fully saturated rings. The molecule has 1 aliphatic rings. The van der Waals surface area contributed by atoms with Crippen molar-refractivity contribution >= 4 is 35.2 Å². The van der Waals surface area contributed by atoms with Crippen molar-refractivity contribution in [1.82, 2.24) is 9.80 Å². The highest BCUT2D eigenvalue weighted by Crippen LogP contribution is 2.20. The van der Waals surface area contributed by atoms with Crippen LogP contribution in [0.5, 0.6) is 0 Å². The summed E-state index contributed by atoms with van der Waals surface area (Å²) < 4.78 is 0. The van der Waals surface area contributed by atoms with E-state index in [-0.39, 0.29) is 18.4 Å². The summed E-state index contributed by atoms with van der Waals surface area (Å²) in [6.45, 7) is 4.87. The summed E-state index contributed by atoms with van der Waals surface area (Å²) in [5.41, 5.74) is 2.82. The van der Waals surface area contributed by atoms with Gasteiger partial charge in [0.25, 0.3) is 0 Å². The molecule has 1 heterocycles. The maximum absolute atomic E-state index is 12.4. The monoisotopic (exact) mass is 397 g/mol. The third-order valence-corrected chi connectivity index (χ3v) is 5.02. The molecule has 0 spiro atoms. The largest absolute Gasteiger partial charge is 0.337 e. The number of carbonyl (C=O) groups excluding carboxylic acids is 2. The Morgan fingerprint density at radius 3 is 2.39 bits per heavy atom. The molecule has 0 aliphatic carbocycles. The zero-order valence-electron chi connectivity index (χ0n) is 15.9. The lowest BCUT2D eigenvalue weighted by molar-refractivity contribution is -0.127. The Hall–Kier alpha value is -2.63. The maximum Gasteiger partial charge on any atom is 0.246 e. The SMILES string of the molecule is Cc1ccc(/C=C/C(=O)N2CCN(CC(=O)Nc3ccccc3Cl)CC2)cc1. The lowest BCUT2D eigenvalue weighted by atomic mass is 10.1. The van der Waals surface area contributed by atoms with Gasteiger partial charge >= 0.3 is 0 Å². The number of carbonyl (C=O) groups is 2. The van der Waals surface area contributed by atoms with Gasteiger partial charge in [-0.05, 0) is 30.7 Å². The van der Waals surface area contributed by atoms with E-state index >= 15 is 0 Å². The summed E-state index contributed by atoms with van der Waals surface area (Å²) in [5, 5.41) is 3.35. The zero-order valence-corrected chi connectivity index (χ0v) is 16.7. The highest BCUT2D eigenvalue weighted by atomic mass is 35.5. The average Bonchev–Trinajstić information content (AvgIpc) is 2.69. The Bertz CT molecular complexity index is 856. The number of hydrogen-bond donors (Lipinski definition) is 1. The van der Waals surface area contributed by atoms with E-state index in [1.807, 2.05) is 59.2 Å². The van der Waals surface area contributed by atoms with Crippen LogP contribution in [0.15, 0.2) is 54.6 Å². The maximum atomic E-state index is 12.4. The number of hydrogen-bond acceptors (Lipinski definition) is 3. The fourth-order valence-corrected chi connectivity index (χ4v) is 3.22. The van der Waals surface area contributed by atoms with Crippen LogP contribution in [0.3, 0.4) is 0 Å². The minimum atomic E-state index is -0.104. The van der Waals surface area contributed by atoms with E-state index in [1.165, 1.54) is 5.56 Å². The van der Waals surface area contributed by atoms with E-state index in [0.717, 1.165) is 5.56 Å².